The van der Waals surface area contributed by atoms with Gasteiger partial charge in [-0.05, 0) is 24.1 Å². The van der Waals surface area contributed by atoms with Crippen molar-refractivity contribution in [2.45, 2.75) is 12.5 Å². The van der Waals surface area contributed by atoms with Gasteiger partial charge in [-0.3, -0.25) is 4.79 Å². The number of carbonyl (C=O) groups is 1. The van der Waals surface area contributed by atoms with Crippen LogP contribution in [0, 0.1) is 5.82 Å². The van der Waals surface area contributed by atoms with E-state index in [9.17, 15) is 14.3 Å². The molecule has 0 saturated carbocycles. The Kier molecular flexibility index (Phi) is 4.90. The molecule has 1 amide bonds. The van der Waals surface area contributed by atoms with Crippen LogP contribution in [0.25, 0.3) is 0 Å². The first kappa shape index (κ1) is 15.0. The molecule has 1 unspecified atom stereocenters. The van der Waals surface area contributed by atoms with E-state index in [0.717, 1.165) is 17.7 Å². The summed E-state index contributed by atoms with van der Waals surface area (Å²) < 4.78 is 12.9. The van der Waals surface area contributed by atoms with E-state index < -0.39 is 17.5 Å². The second-order valence-corrected chi connectivity index (χ2v) is 4.61. The summed E-state index contributed by atoms with van der Waals surface area (Å²) in [6, 6.07) is 12.0. The summed E-state index contributed by atoms with van der Waals surface area (Å²) in [4.78, 5) is 12.2. The molecule has 0 radical (unpaired) electrons. The molecule has 5 heteroatoms. The zero-order valence-corrected chi connectivity index (χ0v) is 11.3. The Bertz CT molecular complexity index is 616. The van der Waals surface area contributed by atoms with Crippen molar-refractivity contribution in [1.82, 2.24) is 5.32 Å². The molecule has 0 bridgehead atoms. The van der Waals surface area contributed by atoms with Crippen LogP contribution in [0.3, 0.4) is 0 Å². The van der Waals surface area contributed by atoms with Crippen LogP contribution < -0.4 is 5.32 Å². The van der Waals surface area contributed by atoms with Crippen molar-refractivity contribution in [3.05, 3.63) is 65.5 Å². The number of benzene rings is 2. The van der Waals surface area contributed by atoms with Crippen molar-refractivity contribution >= 4 is 5.91 Å². The Morgan fingerprint density at radius 2 is 1.90 bits per heavy atom. The third-order valence-electron chi connectivity index (χ3n) is 3.13. The van der Waals surface area contributed by atoms with Crippen LogP contribution >= 0.6 is 0 Å². The number of aliphatic hydroxyl groups is 1. The lowest BCUT2D eigenvalue weighted by molar-refractivity contribution is 0.0927. The van der Waals surface area contributed by atoms with Crippen LogP contribution in [0.1, 0.15) is 28.4 Å². The lowest BCUT2D eigenvalue weighted by Crippen LogP contribution is -2.29. The largest absolute Gasteiger partial charge is 0.507 e. The maximum atomic E-state index is 12.9. The lowest BCUT2D eigenvalue weighted by atomic mass is 10.0. The Labute approximate surface area is 121 Å². The fourth-order valence-corrected chi connectivity index (χ4v) is 2.07. The third-order valence-corrected chi connectivity index (χ3v) is 3.13. The van der Waals surface area contributed by atoms with Crippen LogP contribution in [0.5, 0.6) is 5.75 Å². The second kappa shape index (κ2) is 6.85. The van der Waals surface area contributed by atoms with E-state index >= 15 is 0 Å². The lowest BCUT2D eigenvalue weighted by Gasteiger charge is -2.18. The highest BCUT2D eigenvalue weighted by atomic mass is 19.1. The maximum absolute atomic E-state index is 12.9. The summed E-state index contributed by atoms with van der Waals surface area (Å²) in [5, 5.41) is 21.5. The number of phenols is 1. The summed E-state index contributed by atoms with van der Waals surface area (Å²) in [6.07, 6.45) is 0.345. The molecular formula is C16H16FNO3. The van der Waals surface area contributed by atoms with Crippen molar-refractivity contribution in [3.63, 3.8) is 0 Å². The number of aliphatic hydroxyl groups excluding tert-OH is 1. The monoisotopic (exact) mass is 289 g/mol. The molecule has 2 rings (SSSR count). The van der Waals surface area contributed by atoms with Crippen molar-refractivity contribution < 1.29 is 19.4 Å². The summed E-state index contributed by atoms with van der Waals surface area (Å²) >= 11 is 0. The molecule has 21 heavy (non-hydrogen) atoms. The standard InChI is InChI=1S/C16H16FNO3/c17-12-6-7-13(15(20)10-12)16(21)18-14(8-9-19)11-4-2-1-3-5-11/h1-7,10,14,19-20H,8-9H2,(H,18,21). The van der Waals surface area contributed by atoms with Gasteiger partial charge < -0.3 is 15.5 Å². The molecule has 2 aromatic rings. The molecule has 3 N–H and O–H groups in total. The van der Waals surface area contributed by atoms with E-state index in [-0.39, 0.29) is 18.2 Å². The molecule has 0 aliphatic rings. The minimum atomic E-state index is -0.612. The molecule has 0 aliphatic carbocycles. The van der Waals surface area contributed by atoms with Crippen LogP contribution in [0.15, 0.2) is 48.5 Å². The minimum absolute atomic E-state index is 0.00438. The van der Waals surface area contributed by atoms with Gasteiger partial charge in [-0.25, -0.2) is 4.39 Å². The molecule has 2 aromatic carbocycles. The molecular weight excluding hydrogens is 273 g/mol. The Morgan fingerprint density at radius 3 is 2.52 bits per heavy atom. The summed E-state index contributed by atoms with van der Waals surface area (Å²) in [5.41, 5.74) is 0.844. The Morgan fingerprint density at radius 1 is 1.19 bits per heavy atom. The number of aromatic hydroxyl groups is 1. The molecule has 110 valence electrons. The molecule has 4 nitrogen and oxygen atoms in total. The Balaban J connectivity index is 2.18. The van der Waals surface area contributed by atoms with Gasteiger partial charge in [-0.15, -0.1) is 0 Å². The number of hydrogen-bond acceptors (Lipinski definition) is 3. The second-order valence-electron chi connectivity index (χ2n) is 4.61. The van der Waals surface area contributed by atoms with Gasteiger partial charge in [0.05, 0.1) is 11.6 Å². The van der Waals surface area contributed by atoms with Gasteiger partial charge in [0.2, 0.25) is 0 Å². The topological polar surface area (TPSA) is 69.6 Å². The molecule has 0 spiro atoms. The number of rotatable bonds is 5. The quantitative estimate of drug-likeness (QED) is 0.791. The van der Waals surface area contributed by atoms with Gasteiger partial charge >= 0.3 is 0 Å². The van der Waals surface area contributed by atoms with Crippen LogP contribution in [-0.2, 0) is 0 Å². The number of carbonyl (C=O) groups excluding carboxylic acids is 1. The highest BCUT2D eigenvalue weighted by Gasteiger charge is 2.17. The fraction of sp³-hybridized carbons (Fsp3) is 0.188. The van der Waals surface area contributed by atoms with Crippen molar-refractivity contribution in [3.8, 4) is 5.75 Å². The van der Waals surface area contributed by atoms with Gasteiger partial charge in [-0.2, -0.15) is 0 Å². The summed E-state index contributed by atoms with van der Waals surface area (Å²) in [6.45, 7) is -0.0881. The average Bonchev–Trinajstić information content (AvgIpc) is 2.47. The highest BCUT2D eigenvalue weighted by Crippen LogP contribution is 2.21. The van der Waals surface area contributed by atoms with E-state index in [2.05, 4.69) is 5.32 Å². The minimum Gasteiger partial charge on any atom is -0.507 e. The first-order valence-electron chi connectivity index (χ1n) is 6.57. The molecule has 1 atom stereocenters. The number of halogens is 1. The molecule has 0 heterocycles. The van der Waals surface area contributed by atoms with Crippen molar-refractivity contribution in [2.75, 3.05) is 6.61 Å². The van der Waals surface area contributed by atoms with Crippen molar-refractivity contribution in [1.29, 1.82) is 0 Å². The molecule has 0 aromatic heterocycles. The third kappa shape index (κ3) is 3.79. The van der Waals surface area contributed by atoms with E-state index in [1.54, 1.807) is 0 Å². The van der Waals surface area contributed by atoms with Crippen LogP contribution in [0.2, 0.25) is 0 Å². The summed E-state index contributed by atoms with van der Waals surface area (Å²) in [7, 11) is 0. The molecule has 0 saturated heterocycles. The van der Waals surface area contributed by atoms with Gasteiger partial charge in [0.1, 0.15) is 11.6 Å². The zero-order valence-electron chi connectivity index (χ0n) is 11.3. The average molecular weight is 289 g/mol. The molecule has 0 aliphatic heterocycles. The fourth-order valence-electron chi connectivity index (χ4n) is 2.07. The maximum Gasteiger partial charge on any atom is 0.255 e. The van der Waals surface area contributed by atoms with Gasteiger partial charge in [0.25, 0.3) is 5.91 Å². The number of hydrogen-bond donors (Lipinski definition) is 3. The van der Waals surface area contributed by atoms with Gasteiger partial charge in [-0.1, -0.05) is 30.3 Å². The number of phenolic OH excluding ortho intramolecular Hbond substituents is 1. The Hall–Kier alpha value is -2.40. The van der Waals surface area contributed by atoms with Crippen LogP contribution in [-0.4, -0.2) is 22.7 Å². The predicted octanol–water partition coefficient (Wildman–Crippen LogP) is 2.38. The smallest absolute Gasteiger partial charge is 0.255 e. The van der Waals surface area contributed by atoms with Crippen LogP contribution in [0.4, 0.5) is 4.39 Å². The van der Waals surface area contributed by atoms with Crippen molar-refractivity contribution in [2.24, 2.45) is 0 Å². The van der Waals surface area contributed by atoms with E-state index in [4.69, 9.17) is 5.11 Å². The number of amides is 1. The SMILES string of the molecule is O=C(NC(CCO)c1ccccc1)c1ccc(F)cc1O. The van der Waals surface area contributed by atoms with Gasteiger partial charge in [0.15, 0.2) is 0 Å². The zero-order chi connectivity index (χ0) is 15.2. The summed E-state index contributed by atoms with van der Waals surface area (Å²) in [5.74, 6) is -1.54. The van der Waals surface area contributed by atoms with E-state index in [1.807, 2.05) is 30.3 Å². The molecule has 0 fully saturated rings. The normalized spacial score (nSPS) is 11.9. The number of nitrogens with one attached hydrogen (secondary N) is 1. The van der Waals surface area contributed by atoms with E-state index in [1.165, 1.54) is 6.07 Å². The van der Waals surface area contributed by atoms with E-state index in [0.29, 0.717) is 6.42 Å². The highest BCUT2D eigenvalue weighted by molar-refractivity contribution is 5.97. The predicted molar refractivity (Wildman–Crippen MR) is 76.4 cm³/mol. The first-order chi connectivity index (χ1) is 10.1. The first-order valence-corrected chi connectivity index (χ1v) is 6.57. The van der Waals surface area contributed by atoms with Gasteiger partial charge in [0, 0.05) is 12.7 Å².